The van der Waals surface area contributed by atoms with Gasteiger partial charge >= 0.3 is 12.1 Å². The highest BCUT2D eigenvalue weighted by molar-refractivity contribution is 5.99. The van der Waals surface area contributed by atoms with Gasteiger partial charge < -0.3 is 10.4 Å². The molecule has 0 bridgehead atoms. The monoisotopic (exact) mass is 392 g/mol. The highest BCUT2D eigenvalue weighted by atomic mass is 19.4. The molecule has 2 N–H and O–H groups in total. The fourth-order valence-corrected chi connectivity index (χ4v) is 3.31. The fourth-order valence-electron chi connectivity index (χ4n) is 3.31. The van der Waals surface area contributed by atoms with Gasteiger partial charge in [-0.1, -0.05) is 24.3 Å². The molecule has 5 nitrogen and oxygen atoms in total. The lowest BCUT2D eigenvalue weighted by atomic mass is 9.85. The van der Waals surface area contributed by atoms with Crippen LogP contribution in [-0.4, -0.2) is 34.7 Å². The number of allylic oxidation sites excluding steroid dienone is 2. The van der Waals surface area contributed by atoms with Crippen molar-refractivity contribution in [2.75, 3.05) is 6.54 Å². The number of fused-ring (bicyclic) bond motifs is 1. The summed E-state index contributed by atoms with van der Waals surface area (Å²) in [7, 11) is 0. The number of aromatic nitrogens is 1. The minimum absolute atomic E-state index is 0.0134. The summed E-state index contributed by atoms with van der Waals surface area (Å²) < 4.78 is 38.6. The number of hydrogen-bond acceptors (Lipinski definition) is 3. The molecule has 1 atom stereocenters. The van der Waals surface area contributed by atoms with Crippen molar-refractivity contribution in [1.82, 2.24) is 10.3 Å². The van der Waals surface area contributed by atoms with Crippen molar-refractivity contribution in [2.24, 2.45) is 5.92 Å². The van der Waals surface area contributed by atoms with Gasteiger partial charge in [0.15, 0.2) is 0 Å². The van der Waals surface area contributed by atoms with E-state index in [1.54, 1.807) is 24.3 Å². The lowest BCUT2D eigenvalue weighted by molar-refractivity contribution is -0.175. The van der Waals surface area contributed by atoms with Gasteiger partial charge in [0.2, 0.25) is 0 Å². The Labute approximate surface area is 159 Å². The number of aliphatic carboxylic acids is 1. The maximum atomic E-state index is 12.9. The van der Waals surface area contributed by atoms with Crippen LogP contribution in [0, 0.1) is 5.92 Å². The van der Waals surface area contributed by atoms with E-state index in [2.05, 4.69) is 10.3 Å². The largest absolute Gasteiger partial charge is 0.481 e. The lowest BCUT2D eigenvalue weighted by Gasteiger charge is -2.24. The quantitative estimate of drug-likeness (QED) is 0.800. The smallest absolute Gasteiger partial charge is 0.392 e. The van der Waals surface area contributed by atoms with Crippen LogP contribution in [0.15, 0.2) is 36.5 Å². The van der Waals surface area contributed by atoms with Crippen LogP contribution in [-0.2, 0) is 4.79 Å². The number of amides is 1. The van der Waals surface area contributed by atoms with Gasteiger partial charge in [0.25, 0.3) is 5.91 Å². The lowest BCUT2D eigenvalue weighted by Crippen LogP contribution is -2.26. The molecule has 0 saturated carbocycles. The first-order chi connectivity index (χ1) is 13.3. The van der Waals surface area contributed by atoms with Crippen LogP contribution in [0.5, 0.6) is 0 Å². The summed E-state index contributed by atoms with van der Waals surface area (Å²) in [5.74, 6) is -2.73. The number of para-hydroxylation sites is 1. The summed E-state index contributed by atoms with van der Waals surface area (Å²) >= 11 is 0. The summed E-state index contributed by atoms with van der Waals surface area (Å²) in [5, 5.41) is 11.8. The van der Waals surface area contributed by atoms with Gasteiger partial charge in [-0.2, -0.15) is 13.2 Å². The van der Waals surface area contributed by atoms with E-state index in [4.69, 9.17) is 5.11 Å². The van der Waals surface area contributed by atoms with E-state index >= 15 is 0 Å². The van der Waals surface area contributed by atoms with Crippen LogP contribution >= 0.6 is 0 Å². The number of pyridine rings is 1. The maximum absolute atomic E-state index is 12.9. The molecule has 0 aliphatic heterocycles. The van der Waals surface area contributed by atoms with Gasteiger partial charge in [0.05, 0.1) is 23.4 Å². The number of carbonyl (C=O) groups is 2. The summed E-state index contributed by atoms with van der Waals surface area (Å²) in [6.45, 7) is 0.0134. The zero-order valence-electron chi connectivity index (χ0n) is 14.9. The molecule has 148 valence electrons. The standard InChI is InChI=1S/C20H19F3N2O3/c21-20(22,23)15-6-4-12(5-7-15)16-3-1-2-13-10-14(11-25-18(13)16)19(28)24-9-8-17(26)27/h1-4,10-11,15H,5-9H2,(H,24,28)(H,26,27). The van der Waals surface area contributed by atoms with E-state index in [-0.39, 0.29) is 25.8 Å². The third kappa shape index (κ3) is 4.49. The van der Waals surface area contributed by atoms with Gasteiger partial charge in [-0.3, -0.25) is 14.6 Å². The van der Waals surface area contributed by atoms with Crippen molar-refractivity contribution in [3.63, 3.8) is 0 Å². The minimum atomic E-state index is -4.18. The molecular formula is C20H19F3N2O3. The van der Waals surface area contributed by atoms with Gasteiger partial charge in [-0.05, 0) is 30.9 Å². The van der Waals surface area contributed by atoms with E-state index < -0.39 is 24.0 Å². The molecule has 8 heteroatoms. The number of carbonyl (C=O) groups excluding carboxylic acids is 1. The number of benzene rings is 1. The van der Waals surface area contributed by atoms with E-state index in [9.17, 15) is 22.8 Å². The number of carboxylic acids is 1. The Kier molecular flexibility index (Phi) is 5.67. The second kappa shape index (κ2) is 8.00. The second-order valence-corrected chi connectivity index (χ2v) is 6.74. The number of halogens is 3. The molecule has 0 saturated heterocycles. The predicted molar refractivity (Wildman–Crippen MR) is 97.7 cm³/mol. The van der Waals surface area contributed by atoms with Gasteiger partial charge in [-0.15, -0.1) is 0 Å². The van der Waals surface area contributed by atoms with Crippen molar-refractivity contribution in [3.8, 4) is 0 Å². The Morgan fingerprint density at radius 2 is 2.07 bits per heavy atom. The molecule has 28 heavy (non-hydrogen) atoms. The van der Waals surface area contributed by atoms with E-state index in [0.717, 1.165) is 11.1 Å². The molecular weight excluding hydrogens is 373 g/mol. The Morgan fingerprint density at radius 3 is 2.71 bits per heavy atom. The number of alkyl halides is 3. The van der Waals surface area contributed by atoms with E-state index in [0.29, 0.717) is 22.9 Å². The van der Waals surface area contributed by atoms with Crippen molar-refractivity contribution in [3.05, 3.63) is 47.7 Å². The predicted octanol–water partition coefficient (Wildman–Crippen LogP) is 4.19. The van der Waals surface area contributed by atoms with Gasteiger partial charge in [-0.25, -0.2) is 0 Å². The topological polar surface area (TPSA) is 79.3 Å². The molecule has 0 radical (unpaired) electrons. The molecule has 0 spiro atoms. The number of nitrogens with one attached hydrogen (secondary N) is 1. The van der Waals surface area contributed by atoms with Crippen LogP contribution in [0.2, 0.25) is 0 Å². The van der Waals surface area contributed by atoms with Gasteiger partial charge in [0.1, 0.15) is 0 Å². The van der Waals surface area contributed by atoms with Crippen molar-refractivity contribution in [1.29, 1.82) is 0 Å². The molecule has 0 fully saturated rings. The Balaban J connectivity index is 1.82. The molecule has 1 unspecified atom stereocenters. The third-order valence-corrected chi connectivity index (χ3v) is 4.82. The second-order valence-electron chi connectivity index (χ2n) is 6.74. The average molecular weight is 392 g/mol. The summed E-state index contributed by atoms with van der Waals surface area (Å²) in [6, 6.07) is 7.02. The Bertz CT molecular complexity index is 938. The fraction of sp³-hybridized carbons (Fsp3) is 0.350. The zero-order valence-corrected chi connectivity index (χ0v) is 14.9. The molecule has 1 aliphatic carbocycles. The first kappa shape index (κ1) is 19.9. The first-order valence-corrected chi connectivity index (χ1v) is 8.90. The van der Waals surface area contributed by atoms with Crippen LogP contribution in [0.4, 0.5) is 13.2 Å². The van der Waals surface area contributed by atoms with Crippen LogP contribution in [0.3, 0.4) is 0 Å². The molecule has 1 amide bonds. The zero-order chi connectivity index (χ0) is 20.3. The number of rotatable bonds is 5. The summed E-state index contributed by atoms with van der Waals surface area (Å²) in [5.41, 5.74) is 2.53. The molecule has 3 rings (SSSR count). The van der Waals surface area contributed by atoms with Crippen LogP contribution in [0.25, 0.3) is 16.5 Å². The van der Waals surface area contributed by atoms with Crippen molar-refractivity contribution >= 4 is 28.4 Å². The molecule has 1 heterocycles. The van der Waals surface area contributed by atoms with E-state index in [1.165, 1.54) is 6.20 Å². The number of nitrogens with zero attached hydrogens (tertiary/aromatic N) is 1. The van der Waals surface area contributed by atoms with Gasteiger partial charge in [0, 0.05) is 23.7 Å². The molecule has 1 aliphatic rings. The molecule has 1 aromatic carbocycles. The third-order valence-electron chi connectivity index (χ3n) is 4.82. The van der Waals surface area contributed by atoms with Crippen molar-refractivity contribution in [2.45, 2.75) is 31.9 Å². The number of carboxylic acid groups (broad SMARTS) is 1. The Morgan fingerprint density at radius 1 is 1.29 bits per heavy atom. The first-order valence-electron chi connectivity index (χ1n) is 8.90. The highest BCUT2D eigenvalue weighted by Crippen LogP contribution is 2.40. The minimum Gasteiger partial charge on any atom is -0.481 e. The molecule has 2 aromatic rings. The summed E-state index contributed by atoms with van der Waals surface area (Å²) in [4.78, 5) is 27.0. The summed E-state index contributed by atoms with van der Waals surface area (Å²) in [6.07, 6.45) is -1.00. The van der Waals surface area contributed by atoms with Crippen LogP contribution in [0.1, 0.15) is 41.6 Å². The molecule has 1 aromatic heterocycles. The number of hydrogen-bond donors (Lipinski definition) is 2. The SMILES string of the molecule is O=C(O)CCNC(=O)c1cnc2c(C3=CCC(C(F)(F)F)CC3)cccc2c1. The van der Waals surface area contributed by atoms with E-state index in [1.807, 2.05) is 6.07 Å². The maximum Gasteiger partial charge on any atom is 0.392 e. The Hall–Kier alpha value is -2.90. The van der Waals surface area contributed by atoms with Crippen molar-refractivity contribution < 1.29 is 27.9 Å². The normalized spacial score (nSPS) is 17.2. The average Bonchev–Trinajstić information content (AvgIpc) is 2.66. The highest BCUT2D eigenvalue weighted by Gasteiger charge is 2.39. The van der Waals surface area contributed by atoms with Crippen LogP contribution < -0.4 is 5.32 Å².